The lowest BCUT2D eigenvalue weighted by molar-refractivity contribution is 0.0599. The van der Waals surface area contributed by atoms with E-state index >= 15 is 0 Å². The molecule has 0 bridgehead atoms. The van der Waals surface area contributed by atoms with Crippen LogP contribution in [-0.4, -0.2) is 23.3 Å². The van der Waals surface area contributed by atoms with Crippen LogP contribution in [0.2, 0.25) is 0 Å². The summed E-state index contributed by atoms with van der Waals surface area (Å²) in [5.74, 6) is -1.05. The van der Waals surface area contributed by atoms with E-state index in [-0.39, 0.29) is 21.5 Å². The normalized spacial score (nSPS) is 10.2. The first-order valence-electron chi connectivity index (χ1n) is 5.44. The molecule has 0 aliphatic rings. The summed E-state index contributed by atoms with van der Waals surface area (Å²) in [6, 6.07) is 10.1. The molecule has 0 saturated carbocycles. The molecule has 2 aromatic rings. The highest BCUT2D eigenvalue weighted by Crippen LogP contribution is 2.42. The predicted octanol–water partition coefficient (Wildman–Crippen LogP) is 3.31. The van der Waals surface area contributed by atoms with Crippen molar-refractivity contribution in [2.24, 2.45) is 0 Å². The number of carbonyl (C=O) groups excluding carboxylic acids is 1. The number of methoxy groups -OCH3 is 1. The number of benzene rings is 2. The summed E-state index contributed by atoms with van der Waals surface area (Å²) in [6.07, 6.45) is 0. The van der Waals surface area contributed by atoms with Gasteiger partial charge in [0, 0.05) is 11.6 Å². The van der Waals surface area contributed by atoms with Gasteiger partial charge in [0.15, 0.2) is 0 Å². The standard InChI is InChI=1S/C14H11BrO4/c1-19-14(18)12-11(8-5-3-2-4-6-8)9(16)7-10(17)13(12)15/h2-7,16-17H,1H3. The van der Waals surface area contributed by atoms with Crippen molar-refractivity contribution < 1.29 is 19.7 Å². The van der Waals surface area contributed by atoms with Gasteiger partial charge in [-0.25, -0.2) is 4.79 Å². The summed E-state index contributed by atoms with van der Waals surface area (Å²) in [5, 5.41) is 19.7. The van der Waals surface area contributed by atoms with E-state index in [0.29, 0.717) is 11.1 Å². The number of esters is 1. The number of hydrogen-bond acceptors (Lipinski definition) is 4. The highest BCUT2D eigenvalue weighted by molar-refractivity contribution is 9.10. The number of phenolic OH excluding ortho intramolecular Hbond substituents is 2. The molecule has 2 aromatic carbocycles. The molecule has 0 unspecified atom stereocenters. The van der Waals surface area contributed by atoms with E-state index in [4.69, 9.17) is 4.74 Å². The number of ether oxygens (including phenoxy) is 1. The SMILES string of the molecule is COC(=O)c1c(Br)c(O)cc(O)c1-c1ccccc1. The molecule has 19 heavy (non-hydrogen) atoms. The van der Waals surface area contributed by atoms with Gasteiger partial charge >= 0.3 is 5.97 Å². The Morgan fingerprint density at radius 2 is 1.79 bits per heavy atom. The molecular formula is C14H11BrO4. The summed E-state index contributed by atoms with van der Waals surface area (Å²) < 4.78 is 4.89. The molecule has 0 aliphatic heterocycles. The van der Waals surface area contributed by atoms with Crippen LogP contribution in [0.25, 0.3) is 11.1 Å². The molecule has 0 aliphatic carbocycles. The molecule has 0 aromatic heterocycles. The van der Waals surface area contributed by atoms with Gasteiger partial charge in [-0.15, -0.1) is 0 Å². The zero-order valence-corrected chi connectivity index (χ0v) is 11.6. The maximum atomic E-state index is 11.9. The first kappa shape index (κ1) is 13.4. The van der Waals surface area contributed by atoms with Crippen LogP contribution in [0, 0.1) is 0 Å². The van der Waals surface area contributed by atoms with Crippen molar-refractivity contribution in [2.45, 2.75) is 0 Å². The Bertz CT molecular complexity index is 623. The second kappa shape index (κ2) is 5.32. The third-order valence-corrected chi connectivity index (χ3v) is 3.48. The van der Waals surface area contributed by atoms with Crippen molar-refractivity contribution in [3.05, 3.63) is 46.4 Å². The average molecular weight is 323 g/mol. The van der Waals surface area contributed by atoms with Crippen LogP contribution in [0.1, 0.15) is 10.4 Å². The number of carbonyl (C=O) groups is 1. The van der Waals surface area contributed by atoms with Gasteiger partial charge < -0.3 is 14.9 Å². The van der Waals surface area contributed by atoms with E-state index in [1.807, 2.05) is 6.07 Å². The van der Waals surface area contributed by atoms with Gasteiger partial charge in [0.05, 0.1) is 17.1 Å². The van der Waals surface area contributed by atoms with E-state index in [0.717, 1.165) is 0 Å². The quantitative estimate of drug-likeness (QED) is 0.832. The summed E-state index contributed by atoms with van der Waals surface area (Å²) in [4.78, 5) is 11.9. The Labute approximate surface area is 118 Å². The number of halogens is 1. The molecule has 98 valence electrons. The Balaban J connectivity index is 2.79. The zero-order chi connectivity index (χ0) is 14.0. The van der Waals surface area contributed by atoms with Gasteiger partial charge in [-0.3, -0.25) is 0 Å². The number of rotatable bonds is 2. The largest absolute Gasteiger partial charge is 0.507 e. The monoisotopic (exact) mass is 322 g/mol. The van der Waals surface area contributed by atoms with Crippen LogP contribution in [0.5, 0.6) is 11.5 Å². The number of hydrogen-bond donors (Lipinski definition) is 2. The molecule has 0 atom stereocenters. The summed E-state index contributed by atoms with van der Waals surface area (Å²) in [5.41, 5.74) is 1.06. The second-order valence-corrected chi connectivity index (χ2v) is 4.63. The summed E-state index contributed by atoms with van der Waals surface area (Å²) in [6.45, 7) is 0. The molecule has 0 fully saturated rings. The Morgan fingerprint density at radius 1 is 1.16 bits per heavy atom. The van der Waals surface area contributed by atoms with Crippen molar-refractivity contribution in [1.82, 2.24) is 0 Å². The molecule has 0 spiro atoms. The molecule has 0 heterocycles. The van der Waals surface area contributed by atoms with Gasteiger partial charge in [0.2, 0.25) is 0 Å². The van der Waals surface area contributed by atoms with Crippen LogP contribution in [-0.2, 0) is 4.74 Å². The van der Waals surface area contributed by atoms with Crippen molar-refractivity contribution in [2.75, 3.05) is 7.11 Å². The average Bonchev–Trinajstić information content (AvgIpc) is 2.42. The molecule has 0 amide bonds. The first-order valence-corrected chi connectivity index (χ1v) is 6.23. The van der Waals surface area contributed by atoms with Crippen LogP contribution >= 0.6 is 15.9 Å². The van der Waals surface area contributed by atoms with E-state index in [1.165, 1.54) is 13.2 Å². The van der Waals surface area contributed by atoms with Gasteiger partial charge in [-0.1, -0.05) is 30.3 Å². The van der Waals surface area contributed by atoms with E-state index in [9.17, 15) is 15.0 Å². The molecule has 0 saturated heterocycles. The molecule has 5 heteroatoms. The maximum Gasteiger partial charge on any atom is 0.339 e. The van der Waals surface area contributed by atoms with Gasteiger partial charge in [-0.05, 0) is 21.5 Å². The van der Waals surface area contributed by atoms with Crippen molar-refractivity contribution in [3.8, 4) is 22.6 Å². The lowest BCUT2D eigenvalue weighted by atomic mass is 9.98. The predicted molar refractivity (Wildman–Crippen MR) is 74.2 cm³/mol. The fraction of sp³-hybridized carbons (Fsp3) is 0.0714. The number of aromatic hydroxyl groups is 2. The Kier molecular flexibility index (Phi) is 3.76. The second-order valence-electron chi connectivity index (χ2n) is 3.84. The molecular weight excluding hydrogens is 312 g/mol. The van der Waals surface area contributed by atoms with E-state index < -0.39 is 5.97 Å². The lowest BCUT2D eigenvalue weighted by Gasteiger charge is -2.13. The molecule has 2 rings (SSSR count). The topological polar surface area (TPSA) is 66.8 Å². The van der Waals surface area contributed by atoms with Crippen molar-refractivity contribution in [3.63, 3.8) is 0 Å². The fourth-order valence-electron chi connectivity index (χ4n) is 1.82. The van der Waals surface area contributed by atoms with Crippen molar-refractivity contribution in [1.29, 1.82) is 0 Å². The highest BCUT2D eigenvalue weighted by Gasteiger charge is 2.23. The van der Waals surface area contributed by atoms with E-state index in [2.05, 4.69) is 15.9 Å². The number of phenols is 2. The Morgan fingerprint density at radius 3 is 2.37 bits per heavy atom. The van der Waals surface area contributed by atoms with Crippen molar-refractivity contribution >= 4 is 21.9 Å². The smallest absolute Gasteiger partial charge is 0.339 e. The molecule has 0 radical (unpaired) electrons. The highest BCUT2D eigenvalue weighted by atomic mass is 79.9. The van der Waals surface area contributed by atoms with Crippen LogP contribution in [0.3, 0.4) is 0 Å². The Hall–Kier alpha value is -2.01. The third kappa shape index (κ3) is 2.42. The lowest BCUT2D eigenvalue weighted by Crippen LogP contribution is -2.05. The maximum absolute atomic E-state index is 11.9. The third-order valence-electron chi connectivity index (χ3n) is 2.68. The fourth-order valence-corrected chi connectivity index (χ4v) is 2.30. The van der Waals surface area contributed by atoms with E-state index in [1.54, 1.807) is 24.3 Å². The summed E-state index contributed by atoms with van der Waals surface area (Å²) >= 11 is 3.14. The van der Waals surface area contributed by atoms with Crippen LogP contribution in [0.4, 0.5) is 0 Å². The van der Waals surface area contributed by atoms with Gasteiger partial charge in [-0.2, -0.15) is 0 Å². The molecule has 2 N–H and O–H groups in total. The minimum Gasteiger partial charge on any atom is -0.507 e. The minimum absolute atomic E-state index is 0.0891. The van der Waals surface area contributed by atoms with Crippen LogP contribution < -0.4 is 0 Å². The van der Waals surface area contributed by atoms with Crippen LogP contribution in [0.15, 0.2) is 40.9 Å². The zero-order valence-electron chi connectivity index (χ0n) is 10.1. The minimum atomic E-state index is -0.642. The molecule has 4 nitrogen and oxygen atoms in total. The summed E-state index contributed by atoms with van der Waals surface area (Å²) in [7, 11) is 1.24. The van der Waals surface area contributed by atoms with Gasteiger partial charge in [0.1, 0.15) is 11.5 Å². The van der Waals surface area contributed by atoms with Gasteiger partial charge in [0.25, 0.3) is 0 Å². The first-order chi connectivity index (χ1) is 9.06.